The van der Waals surface area contributed by atoms with Crippen LogP contribution in [0.15, 0.2) is 39.3 Å². The Hall–Kier alpha value is -1.73. The van der Waals surface area contributed by atoms with E-state index >= 15 is 0 Å². The largest absolute Gasteiger partial charge is 0.469 e. The molecule has 2 aromatic carbocycles. The van der Waals surface area contributed by atoms with Crippen molar-refractivity contribution in [2.45, 2.75) is 32.7 Å². The fraction of sp³-hybridized carbons (Fsp3) is 0.316. The lowest BCUT2D eigenvalue weighted by atomic mass is 10.1. The Morgan fingerprint density at radius 2 is 1.85 bits per heavy atom. The van der Waals surface area contributed by atoms with E-state index in [1.807, 2.05) is 44.2 Å². The number of ether oxygens (including phenoxy) is 2. The molecule has 0 saturated heterocycles. The zero-order valence-corrected chi connectivity index (χ0v) is 18.1. The molecule has 2 aromatic rings. The van der Waals surface area contributed by atoms with Gasteiger partial charge in [0.15, 0.2) is 5.75 Å². The van der Waals surface area contributed by atoms with E-state index in [-0.39, 0.29) is 12.0 Å². The summed E-state index contributed by atoms with van der Waals surface area (Å²) in [6.07, 6.45) is 0.923. The summed E-state index contributed by atoms with van der Waals surface area (Å²) in [6, 6.07) is 9.65. The molecule has 0 aliphatic rings. The normalized spacial score (nSPS) is 10.7. The van der Waals surface area contributed by atoms with Crippen LogP contribution >= 0.6 is 31.9 Å². The quantitative estimate of drug-likeness (QED) is 0.399. The smallest absolute Gasteiger partial charge is 0.305 e. The number of esters is 1. The Labute approximate surface area is 170 Å². The number of halogens is 2. The van der Waals surface area contributed by atoms with Gasteiger partial charge in [-0.15, -0.1) is 0 Å². The van der Waals surface area contributed by atoms with Crippen LogP contribution in [0.5, 0.6) is 11.5 Å². The second-order valence-electron chi connectivity index (χ2n) is 6.11. The van der Waals surface area contributed by atoms with Gasteiger partial charge in [-0.2, -0.15) is 0 Å². The van der Waals surface area contributed by atoms with Crippen LogP contribution < -0.4 is 15.8 Å². The summed E-state index contributed by atoms with van der Waals surface area (Å²) in [5.74, 6) is 1.10. The summed E-state index contributed by atoms with van der Waals surface area (Å²) >= 11 is 7.08. The minimum Gasteiger partial charge on any atom is -0.469 e. The second-order valence-corrected chi connectivity index (χ2v) is 7.82. The number of rotatable bonds is 7. The number of hydrogen-bond donors (Lipinski definition) is 2. The van der Waals surface area contributed by atoms with Crippen molar-refractivity contribution in [3.05, 3.63) is 44.8 Å². The maximum absolute atomic E-state index is 11.3. The zero-order chi connectivity index (χ0) is 19.3. The summed E-state index contributed by atoms with van der Waals surface area (Å²) in [5.41, 5.74) is 8.51. The number of nitrogens with two attached hydrogens (primary N) is 1. The topological polar surface area (TPSA) is 73.6 Å². The van der Waals surface area contributed by atoms with Crippen molar-refractivity contribution in [3.63, 3.8) is 0 Å². The van der Waals surface area contributed by atoms with Crippen molar-refractivity contribution in [3.8, 4) is 11.5 Å². The molecular formula is C19H22Br2N2O3. The van der Waals surface area contributed by atoms with Crippen LogP contribution in [-0.2, 0) is 16.0 Å². The maximum Gasteiger partial charge on any atom is 0.305 e. The predicted octanol–water partition coefficient (Wildman–Crippen LogP) is 5.51. The molecule has 0 heterocycles. The highest BCUT2D eigenvalue weighted by Crippen LogP contribution is 2.39. The van der Waals surface area contributed by atoms with Gasteiger partial charge in [0.1, 0.15) is 5.75 Å². The standard InChI is InChI=1S/C19H22Br2N2O3/c1-11(2)23-17-10-13(5-6-16(17)22)26-19-14(20)8-12(9-15(19)21)4-7-18(24)25-3/h5-6,8-11,23H,4,7,22H2,1-3H3. The van der Waals surface area contributed by atoms with Crippen LogP contribution in [0.4, 0.5) is 11.4 Å². The molecule has 0 aliphatic heterocycles. The molecule has 3 N–H and O–H groups in total. The van der Waals surface area contributed by atoms with E-state index in [2.05, 4.69) is 41.9 Å². The summed E-state index contributed by atoms with van der Waals surface area (Å²) in [5, 5.41) is 3.30. The first-order chi connectivity index (χ1) is 12.3. The summed E-state index contributed by atoms with van der Waals surface area (Å²) in [7, 11) is 1.39. The van der Waals surface area contributed by atoms with E-state index in [9.17, 15) is 4.79 Å². The number of carbonyl (C=O) groups excluding carboxylic acids is 1. The molecule has 0 radical (unpaired) electrons. The number of carbonyl (C=O) groups is 1. The number of benzene rings is 2. The van der Waals surface area contributed by atoms with Gasteiger partial charge in [-0.1, -0.05) is 0 Å². The van der Waals surface area contributed by atoms with Crippen molar-refractivity contribution < 1.29 is 14.3 Å². The third-order valence-corrected chi connectivity index (χ3v) is 4.77. The number of nitrogens with one attached hydrogen (secondary N) is 1. The second kappa shape index (κ2) is 9.28. The van der Waals surface area contributed by atoms with Gasteiger partial charge in [-0.25, -0.2) is 0 Å². The van der Waals surface area contributed by atoms with Gasteiger partial charge >= 0.3 is 5.97 Å². The van der Waals surface area contributed by atoms with E-state index < -0.39 is 0 Å². The first-order valence-corrected chi connectivity index (χ1v) is 9.77. The lowest BCUT2D eigenvalue weighted by Gasteiger charge is -2.16. The van der Waals surface area contributed by atoms with Crippen molar-refractivity contribution >= 4 is 49.2 Å². The van der Waals surface area contributed by atoms with E-state index in [0.717, 1.165) is 20.2 Å². The zero-order valence-electron chi connectivity index (χ0n) is 14.9. The minimum atomic E-state index is -0.232. The molecule has 0 amide bonds. The molecule has 0 atom stereocenters. The summed E-state index contributed by atoms with van der Waals surface area (Å²) < 4.78 is 12.3. The summed E-state index contributed by atoms with van der Waals surface area (Å²) in [4.78, 5) is 11.3. The van der Waals surface area contributed by atoms with Crippen LogP contribution in [0.1, 0.15) is 25.8 Å². The Balaban J connectivity index is 2.20. The van der Waals surface area contributed by atoms with Gasteiger partial charge in [0.2, 0.25) is 0 Å². The van der Waals surface area contributed by atoms with E-state index in [0.29, 0.717) is 30.0 Å². The highest BCUT2D eigenvalue weighted by molar-refractivity contribution is 9.11. The number of aryl methyl sites for hydroxylation is 1. The molecular weight excluding hydrogens is 464 g/mol. The van der Waals surface area contributed by atoms with E-state index in [1.54, 1.807) is 0 Å². The van der Waals surface area contributed by atoms with Crippen molar-refractivity contribution in [2.24, 2.45) is 0 Å². The first kappa shape index (κ1) is 20.6. The van der Waals surface area contributed by atoms with Crippen LogP contribution in [0.3, 0.4) is 0 Å². The number of nitrogen functional groups attached to an aromatic ring is 1. The molecule has 26 heavy (non-hydrogen) atoms. The van der Waals surface area contributed by atoms with E-state index in [4.69, 9.17) is 10.5 Å². The fourth-order valence-corrected chi connectivity index (χ4v) is 3.80. The van der Waals surface area contributed by atoms with Crippen LogP contribution in [-0.4, -0.2) is 19.1 Å². The predicted molar refractivity (Wildman–Crippen MR) is 112 cm³/mol. The van der Waals surface area contributed by atoms with Gasteiger partial charge in [0.25, 0.3) is 0 Å². The molecule has 7 heteroatoms. The Morgan fingerprint density at radius 1 is 1.19 bits per heavy atom. The Morgan fingerprint density at radius 3 is 2.42 bits per heavy atom. The Bertz CT molecular complexity index is 771. The van der Waals surface area contributed by atoms with Crippen LogP contribution in [0.25, 0.3) is 0 Å². The minimum absolute atomic E-state index is 0.232. The lowest BCUT2D eigenvalue weighted by molar-refractivity contribution is -0.140. The molecule has 0 unspecified atom stereocenters. The highest BCUT2D eigenvalue weighted by atomic mass is 79.9. The molecule has 0 aromatic heterocycles. The number of methoxy groups -OCH3 is 1. The molecule has 0 aliphatic carbocycles. The number of anilines is 2. The molecule has 0 bridgehead atoms. The third-order valence-electron chi connectivity index (χ3n) is 3.59. The first-order valence-electron chi connectivity index (χ1n) is 8.18. The van der Waals surface area contributed by atoms with Crippen molar-refractivity contribution in [1.82, 2.24) is 0 Å². The van der Waals surface area contributed by atoms with Crippen LogP contribution in [0.2, 0.25) is 0 Å². The SMILES string of the molecule is COC(=O)CCc1cc(Br)c(Oc2ccc(N)c(NC(C)C)c2)c(Br)c1. The highest BCUT2D eigenvalue weighted by Gasteiger charge is 2.13. The molecule has 0 spiro atoms. The molecule has 140 valence electrons. The number of hydrogen-bond acceptors (Lipinski definition) is 5. The van der Waals surface area contributed by atoms with Gasteiger partial charge < -0.3 is 20.5 Å². The van der Waals surface area contributed by atoms with Crippen molar-refractivity contribution in [2.75, 3.05) is 18.2 Å². The van der Waals surface area contributed by atoms with Gasteiger partial charge in [-0.05, 0) is 82.0 Å². The summed E-state index contributed by atoms with van der Waals surface area (Å²) in [6.45, 7) is 4.10. The fourth-order valence-electron chi connectivity index (χ4n) is 2.36. The monoisotopic (exact) mass is 484 g/mol. The molecule has 0 fully saturated rings. The lowest BCUT2D eigenvalue weighted by Crippen LogP contribution is -2.11. The maximum atomic E-state index is 11.3. The average molecular weight is 486 g/mol. The molecule has 0 saturated carbocycles. The van der Waals surface area contributed by atoms with Crippen molar-refractivity contribution in [1.29, 1.82) is 0 Å². The van der Waals surface area contributed by atoms with Gasteiger partial charge in [0, 0.05) is 18.5 Å². The third kappa shape index (κ3) is 5.64. The molecule has 2 rings (SSSR count). The van der Waals surface area contributed by atoms with Gasteiger partial charge in [0.05, 0.1) is 27.4 Å². The van der Waals surface area contributed by atoms with Gasteiger partial charge in [-0.3, -0.25) is 4.79 Å². The van der Waals surface area contributed by atoms with Crippen LogP contribution in [0, 0.1) is 0 Å². The molecule has 5 nitrogen and oxygen atoms in total. The average Bonchev–Trinajstić information content (AvgIpc) is 2.58. The Kier molecular flexibility index (Phi) is 7.34. The van der Waals surface area contributed by atoms with E-state index in [1.165, 1.54) is 7.11 Å².